The summed E-state index contributed by atoms with van der Waals surface area (Å²) >= 11 is 11.2. The number of nitroso groups, excluding NO2 is 1. The van der Waals surface area contributed by atoms with Crippen LogP contribution in [0.15, 0.2) is 26.7 Å². The number of alkyl halides is 1. The number of nitrogens with one attached hydrogen (secondary N) is 1. The zero-order valence-electron chi connectivity index (χ0n) is 5.79. The fraction of sp³-hybridized carbons (Fsp3) is 0.200. The Morgan fingerprint density at radius 3 is 2.75 bits per heavy atom. The highest BCUT2D eigenvalue weighted by atomic mass is 35.5. The van der Waals surface area contributed by atoms with Gasteiger partial charge in [0.05, 0.1) is 0 Å². The van der Waals surface area contributed by atoms with Gasteiger partial charge in [0.2, 0.25) is 0 Å². The van der Waals surface area contributed by atoms with Crippen molar-refractivity contribution >= 4 is 35.1 Å². The molecule has 1 heterocycles. The maximum atomic E-state index is 10.3. The minimum Gasteiger partial charge on any atom is -0.284 e. The smallest absolute Gasteiger partial charge is 0.176 e. The molecule has 0 bridgehead atoms. The van der Waals surface area contributed by atoms with Gasteiger partial charge in [-0.3, -0.25) is 10.4 Å². The van der Waals surface area contributed by atoms with E-state index in [1.54, 1.807) is 0 Å². The van der Waals surface area contributed by atoms with Crippen LogP contribution >= 0.6 is 23.2 Å². The van der Waals surface area contributed by atoms with E-state index in [0.717, 1.165) is 0 Å². The monoisotopic (exact) mass is 206 g/mol. The first-order valence-corrected chi connectivity index (χ1v) is 3.69. The van der Waals surface area contributed by atoms with Crippen molar-refractivity contribution in [3.05, 3.63) is 16.3 Å². The van der Waals surface area contributed by atoms with E-state index in [9.17, 15) is 4.91 Å². The van der Waals surface area contributed by atoms with Crippen LogP contribution < -0.4 is 5.43 Å². The molecule has 0 aromatic heterocycles. The first-order chi connectivity index (χ1) is 5.70. The Morgan fingerprint density at radius 1 is 1.67 bits per heavy atom. The fourth-order valence-electron chi connectivity index (χ4n) is 0.689. The quantitative estimate of drug-likeness (QED) is 0.321. The van der Waals surface area contributed by atoms with Crippen molar-refractivity contribution in [2.24, 2.45) is 15.3 Å². The van der Waals surface area contributed by atoms with Crippen LogP contribution in [0.1, 0.15) is 0 Å². The van der Waals surface area contributed by atoms with E-state index >= 15 is 0 Å². The summed E-state index contributed by atoms with van der Waals surface area (Å²) in [7, 11) is 0. The third kappa shape index (κ3) is 1.46. The van der Waals surface area contributed by atoms with Crippen molar-refractivity contribution < 1.29 is 0 Å². The number of halogens is 2. The van der Waals surface area contributed by atoms with E-state index in [0.29, 0.717) is 0 Å². The molecule has 64 valence electrons. The van der Waals surface area contributed by atoms with Gasteiger partial charge in [-0.2, -0.15) is 5.10 Å². The molecule has 0 saturated carbocycles. The third-order valence-corrected chi connectivity index (χ3v) is 1.78. The van der Waals surface area contributed by atoms with E-state index in [1.807, 2.05) is 0 Å². The molecule has 1 aliphatic rings. The van der Waals surface area contributed by atoms with Gasteiger partial charge in [-0.05, 0) is 11.9 Å². The Bertz CT molecular complexity index is 285. The van der Waals surface area contributed by atoms with Gasteiger partial charge in [0.25, 0.3) is 0 Å². The molecule has 1 atom stereocenters. The number of aliphatic imine (C=N–C) groups is 1. The van der Waals surface area contributed by atoms with Crippen LogP contribution in [0.3, 0.4) is 0 Å². The lowest BCUT2D eigenvalue weighted by molar-refractivity contribution is 0.721. The Balaban J connectivity index is 3.16. The zero-order chi connectivity index (χ0) is 9.14. The molecule has 12 heavy (non-hydrogen) atoms. The van der Waals surface area contributed by atoms with Crippen LogP contribution in [0.4, 0.5) is 0 Å². The van der Waals surface area contributed by atoms with Crippen LogP contribution in [0.2, 0.25) is 0 Å². The van der Waals surface area contributed by atoms with Crippen molar-refractivity contribution in [1.29, 1.82) is 0 Å². The van der Waals surface area contributed by atoms with Crippen molar-refractivity contribution in [3.8, 4) is 0 Å². The normalized spacial score (nSPS) is 22.8. The highest BCUT2D eigenvalue weighted by Crippen LogP contribution is 2.21. The lowest BCUT2D eigenvalue weighted by atomic mass is 10.3. The maximum Gasteiger partial charge on any atom is 0.176 e. The van der Waals surface area contributed by atoms with E-state index in [-0.39, 0.29) is 16.6 Å². The van der Waals surface area contributed by atoms with Crippen LogP contribution in [-0.4, -0.2) is 17.4 Å². The summed E-state index contributed by atoms with van der Waals surface area (Å²) in [6, 6.07) is 0. The highest BCUT2D eigenvalue weighted by molar-refractivity contribution is 6.69. The van der Waals surface area contributed by atoms with E-state index in [2.05, 4.69) is 27.4 Å². The van der Waals surface area contributed by atoms with Crippen LogP contribution in [0.5, 0.6) is 0 Å². The van der Waals surface area contributed by atoms with Gasteiger partial charge in [0.15, 0.2) is 16.4 Å². The number of hydrazone groups is 1. The van der Waals surface area contributed by atoms with Crippen LogP contribution in [0, 0.1) is 4.91 Å². The first-order valence-electron chi connectivity index (χ1n) is 2.88. The molecule has 1 N–H and O–H groups in total. The minimum atomic E-state index is -0.800. The molecule has 1 unspecified atom stereocenters. The molecule has 0 amide bonds. The molecule has 0 aliphatic carbocycles. The SMILES string of the molecule is C=NC1=C(N=O)C(Cl)NN=C1Cl. The third-order valence-electron chi connectivity index (χ3n) is 1.21. The summed E-state index contributed by atoms with van der Waals surface area (Å²) < 4.78 is 0. The molecule has 1 aliphatic heterocycles. The summed E-state index contributed by atoms with van der Waals surface area (Å²) in [5, 5.41) is 6.26. The number of nitrogens with zero attached hydrogens (tertiary/aromatic N) is 3. The van der Waals surface area contributed by atoms with Crippen LogP contribution in [-0.2, 0) is 0 Å². The van der Waals surface area contributed by atoms with Crippen LogP contribution in [0.25, 0.3) is 0 Å². The van der Waals surface area contributed by atoms with Gasteiger partial charge in [-0.25, -0.2) is 0 Å². The fourth-order valence-corrected chi connectivity index (χ4v) is 1.09. The Hall–Kier alpha value is -0.940. The largest absolute Gasteiger partial charge is 0.284 e. The molecule has 0 aromatic rings. The van der Waals surface area contributed by atoms with Crippen molar-refractivity contribution in [3.63, 3.8) is 0 Å². The molecule has 7 heteroatoms. The molecule has 0 spiro atoms. The Kier molecular flexibility index (Phi) is 2.78. The predicted molar refractivity (Wildman–Crippen MR) is 48.4 cm³/mol. The Labute approximate surface area is 78.1 Å². The molecule has 0 fully saturated rings. The van der Waals surface area contributed by atoms with Crippen molar-refractivity contribution in [2.75, 3.05) is 0 Å². The minimum absolute atomic E-state index is 0.00772. The summed E-state index contributed by atoms with van der Waals surface area (Å²) in [6.45, 7) is 3.21. The second-order valence-electron chi connectivity index (χ2n) is 1.88. The van der Waals surface area contributed by atoms with Gasteiger partial charge in [0.1, 0.15) is 5.70 Å². The Morgan fingerprint density at radius 2 is 2.33 bits per heavy atom. The number of rotatable bonds is 2. The number of allylic oxidation sites excluding steroid dienone is 1. The number of hydrogen-bond acceptors (Lipinski definition) is 5. The average Bonchev–Trinajstić information content (AvgIpc) is 2.08. The summed E-state index contributed by atoms with van der Waals surface area (Å²) in [6.07, 6.45) is 0. The van der Waals surface area contributed by atoms with Crippen molar-refractivity contribution in [1.82, 2.24) is 5.43 Å². The lowest BCUT2D eigenvalue weighted by Crippen LogP contribution is -2.26. The molecular weight excluding hydrogens is 203 g/mol. The van der Waals surface area contributed by atoms with Crippen molar-refractivity contribution in [2.45, 2.75) is 5.50 Å². The maximum absolute atomic E-state index is 10.3. The molecule has 0 saturated heterocycles. The number of hydrogen-bond donors (Lipinski definition) is 1. The zero-order valence-corrected chi connectivity index (χ0v) is 7.30. The summed E-state index contributed by atoms with van der Waals surface area (Å²) in [4.78, 5) is 13.7. The molecular formula is C5H4Cl2N4O. The second-order valence-corrected chi connectivity index (χ2v) is 2.67. The second kappa shape index (κ2) is 3.64. The summed E-state index contributed by atoms with van der Waals surface area (Å²) in [5.74, 6) is 0. The molecule has 5 nitrogen and oxygen atoms in total. The molecule has 1 rings (SSSR count). The lowest BCUT2D eigenvalue weighted by Gasteiger charge is -2.14. The first kappa shape index (κ1) is 9.15. The highest BCUT2D eigenvalue weighted by Gasteiger charge is 2.23. The predicted octanol–water partition coefficient (Wildman–Crippen LogP) is 1.39. The summed E-state index contributed by atoms with van der Waals surface area (Å²) in [5.41, 5.74) is 1.69. The molecule has 0 aromatic carbocycles. The van der Waals surface area contributed by atoms with Gasteiger partial charge in [-0.15, -0.1) is 4.91 Å². The average molecular weight is 207 g/mol. The van der Waals surface area contributed by atoms with Gasteiger partial charge < -0.3 is 0 Å². The topological polar surface area (TPSA) is 66.2 Å². The van der Waals surface area contributed by atoms with E-state index < -0.39 is 5.50 Å². The standard InChI is InChI=1S/C5H4Cl2N4O/c1-8-2-3(11-12)5(7)10-9-4(2)6/h5,10H,1H2. The van der Waals surface area contributed by atoms with E-state index in [4.69, 9.17) is 23.2 Å². The molecule has 0 radical (unpaired) electrons. The van der Waals surface area contributed by atoms with Gasteiger partial charge in [-0.1, -0.05) is 23.2 Å². The van der Waals surface area contributed by atoms with E-state index in [1.165, 1.54) is 0 Å². The van der Waals surface area contributed by atoms with Gasteiger partial charge in [0, 0.05) is 0 Å². The van der Waals surface area contributed by atoms with Gasteiger partial charge >= 0.3 is 0 Å².